The Morgan fingerprint density at radius 2 is 0.603 bits per heavy atom. The monoisotopic (exact) mass is 948 g/mol. The van der Waals surface area contributed by atoms with Crippen molar-refractivity contribution in [3.63, 3.8) is 0 Å². The normalized spacial score (nSPS) is 12.8. The molecule has 342 valence electrons. The van der Waals surface area contributed by atoms with Gasteiger partial charge in [-0.15, -0.1) is 11.3 Å². The number of hydrogen-bond donors (Lipinski definition) is 0. The average Bonchev–Trinajstić information content (AvgIpc) is 4.16. The zero-order valence-corrected chi connectivity index (χ0v) is 40.4. The lowest BCUT2D eigenvalue weighted by molar-refractivity contribution is 0.661. The first-order chi connectivity index (χ1) is 36.2. The molecule has 2 nitrogen and oxygen atoms in total. The fraction of sp³-hybridized carbons (Fsp3) is 0.0286. The highest BCUT2D eigenvalue weighted by atomic mass is 32.1. The second kappa shape index (κ2) is 16.8. The van der Waals surface area contributed by atoms with E-state index >= 15 is 0 Å². The number of benzene rings is 12. The molecule has 15 aromatic rings. The van der Waals surface area contributed by atoms with Crippen molar-refractivity contribution >= 4 is 96.9 Å². The molecule has 0 saturated heterocycles. The zero-order valence-electron chi connectivity index (χ0n) is 39.6. The molecule has 0 radical (unpaired) electrons. The van der Waals surface area contributed by atoms with Gasteiger partial charge in [0.2, 0.25) is 0 Å². The smallest absolute Gasteiger partial charge is 0.139 e. The molecule has 0 aliphatic heterocycles. The molecule has 0 spiro atoms. The minimum Gasteiger partial charge on any atom is -0.456 e. The Kier molecular flexibility index (Phi) is 9.61. The van der Waals surface area contributed by atoms with E-state index in [1.54, 1.807) is 0 Å². The van der Waals surface area contributed by atoms with E-state index in [2.05, 4.69) is 255 Å². The van der Waals surface area contributed by atoms with Crippen molar-refractivity contribution in [3.05, 3.63) is 288 Å². The van der Waals surface area contributed by atoms with Crippen molar-refractivity contribution in [2.45, 2.75) is 11.8 Å². The fourth-order valence-corrected chi connectivity index (χ4v) is 13.4. The molecule has 0 aliphatic carbocycles. The SMILES string of the molecule is c1ccc(-c2cccc(C(c3cc4c5cc(C(c6cccc(-c7ccccc7)c6)c6cccc7c6oc6ccccc67)c6ccccc6c5sc4c4ccccc34)c3cccc4c3oc3ccccc34)c2)cc1. The fourth-order valence-electron chi connectivity index (χ4n) is 12.1. The first kappa shape index (κ1) is 41.7. The predicted molar refractivity (Wildman–Crippen MR) is 307 cm³/mol. The molecule has 3 heteroatoms. The summed E-state index contributed by atoms with van der Waals surface area (Å²) in [4.78, 5) is 0. The molecule has 0 aliphatic rings. The Morgan fingerprint density at radius 3 is 1.05 bits per heavy atom. The third-order valence-electron chi connectivity index (χ3n) is 15.3. The summed E-state index contributed by atoms with van der Waals surface area (Å²) < 4.78 is 16.4. The Balaban J connectivity index is 1.04. The second-order valence-corrected chi connectivity index (χ2v) is 20.4. The maximum Gasteiger partial charge on any atom is 0.139 e. The van der Waals surface area contributed by atoms with Crippen LogP contribution in [0.1, 0.15) is 45.2 Å². The average molecular weight is 949 g/mol. The summed E-state index contributed by atoms with van der Waals surface area (Å²) in [7, 11) is 0. The van der Waals surface area contributed by atoms with Crippen molar-refractivity contribution in [3.8, 4) is 22.3 Å². The summed E-state index contributed by atoms with van der Waals surface area (Å²) in [6.45, 7) is 0. The van der Waals surface area contributed by atoms with Gasteiger partial charge in [0.05, 0.1) is 0 Å². The van der Waals surface area contributed by atoms with E-state index in [4.69, 9.17) is 8.83 Å². The summed E-state index contributed by atoms with van der Waals surface area (Å²) in [5.41, 5.74) is 15.6. The lowest BCUT2D eigenvalue weighted by Crippen LogP contribution is -2.06. The van der Waals surface area contributed by atoms with Gasteiger partial charge in [-0.1, -0.05) is 231 Å². The van der Waals surface area contributed by atoms with Crippen LogP contribution in [0, 0.1) is 0 Å². The Bertz CT molecular complexity index is 4340. The van der Waals surface area contributed by atoms with Crippen LogP contribution < -0.4 is 0 Å². The molecule has 0 saturated carbocycles. The van der Waals surface area contributed by atoms with E-state index in [9.17, 15) is 0 Å². The molecular weight excluding hydrogens is 905 g/mol. The quantitative estimate of drug-likeness (QED) is 0.142. The van der Waals surface area contributed by atoms with Crippen LogP contribution in [0.25, 0.3) is 108 Å². The first-order valence-electron chi connectivity index (χ1n) is 25.1. The van der Waals surface area contributed by atoms with Crippen molar-refractivity contribution in [2.75, 3.05) is 0 Å². The topological polar surface area (TPSA) is 26.3 Å². The van der Waals surface area contributed by atoms with E-state index in [0.29, 0.717) is 0 Å². The van der Waals surface area contributed by atoms with E-state index in [1.807, 2.05) is 11.3 Å². The number of thiophene rings is 1. The lowest BCUT2D eigenvalue weighted by atomic mass is 9.79. The van der Waals surface area contributed by atoms with E-state index < -0.39 is 0 Å². The van der Waals surface area contributed by atoms with Crippen molar-refractivity contribution in [1.82, 2.24) is 0 Å². The predicted octanol–water partition coefficient (Wildman–Crippen LogP) is 19.9. The van der Waals surface area contributed by atoms with Crippen molar-refractivity contribution < 1.29 is 8.83 Å². The van der Waals surface area contributed by atoms with Gasteiger partial charge < -0.3 is 8.83 Å². The lowest BCUT2D eigenvalue weighted by Gasteiger charge is -2.23. The van der Waals surface area contributed by atoms with E-state index in [1.165, 1.54) is 86.2 Å². The van der Waals surface area contributed by atoms with Gasteiger partial charge in [-0.2, -0.15) is 0 Å². The standard InChI is InChI=1S/C70H44O2S/c1-3-19-43(20-4-1)45-23-15-25-47(39-45)65(57-35-17-33-53-51-29-11-13-37-63(51)71-67(53)57)59-41-61-62-42-60(50-28-8-10-32-56(50)70(62)73-69(61)55-31-9-7-27-49(55)59)66(48-26-16-24-46(40-48)44-21-5-2-6-22-44)58-36-18-34-54-52-30-12-14-38-64(52)72-68(54)58/h1-42,65-66H. The third-order valence-corrected chi connectivity index (χ3v) is 16.6. The highest BCUT2D eigenvalue weighted by molar-refractivity contribution is 7.27. The van der Waals surface area contributed by atoms with Crippen LogP contribution in [-0.2, 0) is 0 Å². The molecule has 0 N–H and O–H groups in total. The summed E-state index contributed by atoms with van der Waals surface area (Å²) >= 11 is 1.92. The van der Waals surface area contributed by atoms with Gasteiger partial charge in [0, 0.05) is 64.7 Å². The summed E-state index contributed by atoms with van der Waals surface area (Å²) in [6, 6.07) is 93.2. The van der Waals surface area contributed by atoms with Crippen LogP contribution in [0.5, 0.6) is 0 Å². The number of fused-ring (bicyclic) bond motifs is 13. The van der Waals surface area contributed by atoms with Gasteiger partial charge in [-0.3, -0.25) is 0 Å². The van der Waals surface area contributed by atoms with Crippen LogP contribution in [0.3, 0.4) is 0 Å². The molecule has 0 bridgehead atoms. The van der Waals surface area contributed by atoms with Gasteiger partial charge in [0.1, 0.15) is 22.3 Å². The van der Waals surface area contributed by atoms with Crippen LogP contribution in [0.4, 0.5) is 0 Å². The molecule has 12 aromatic carbocycles. The molecule has 2 atom stereocenters. The molecule has 2 unspecified atom stereocenters. The molecule has 3 aromatic heterocycles. The van der Waals surface area contributed by atoms with E-state index in [-0.39, 0.29) is 11.8 Å². The van der Waals surface area contributed by atoms with Crippen LogP contribution in [0.15, 0.2) is 264 Å². The van der Waals surface area contributed by atoms with E-state index in [0.717, 1.165) is 55.0 Å². The number of furan rings is 2. The first-order valence-corrected chi connectivity index (χ1v) is 25.9. The maximum absolute atomic E-state index is 6.93. The molecule has 0 amide bonds. The molecule has 0 fully saturated rings. The van der Waals surface area contributed by atoms with Gasteiger partial charge in [-0.05, 0) is 90.3 Å². The van der Waals surface area contributed by atoms with Crippen LogP contribution in [-0.4, -0.2) is 0 Å². The summed E-state index contributed by atoms with van der Waals surface area (Å²) in [6.07, 6.45) is 0. The summed E-state index contributed by atoms with van der Waals surface area (Å²) in [5.74, 6) is -0.340. The Morgan fingerprint density at radius 1 is 0.247 bits per heavy atom. The number of para-hydroxylation sites is 4. The van der Waals surface area contributed by atoms with Crippen LogP contribution in [0.2, 0.25) is 0 Å². The third kappa shape index (κ3) is 6.70. The molecule has 3 heterocycles. The van der Waals surface area contributed by atoms with Gasteiger partial charge in [0.25, 0.3) is 0 Å². The highest BCUT2D eigenvalue weighted by Crippen LogP contribution is 2.51. The largest absolute Gasteiger partial charge is 0.456 e. The minimum absolute atomic E-state index is 0.170. The highest BCUT2D eigenvalue weighted by Gasteiger charge is 2.29. The van der Waals surface area contributed by atoms with Gasteiger partial charge in [0.15, 0.2) is 0 Å². The van der Waals surface area contributed by atoms with Crippen molar-refractivity contribution in [1.29, 1.82) is 0 Å². The minimum atomic E-state index is -0.170. The second-order valence-electron chi connectivity index (χ2n) is 19.4. The zero-order chi connectivity index (χ0) is 48.0. The Hall–Kier alpha value is -9.02. The molecule has 15 rings (SSSR count). The van der Waals surface area contributed by atoms with Gasteiger partial charge in [-0.25, -0.2) is 0 Å². The van der Waals surface area contributed by atoms with Crippen molar-refractivity contribution in [2.24, 2.45) is 0 Å². The Labute approximate surface area is 425 Å². The number of rotatable bonds is 8. The summed E-state index contributed by atoms with van der Waals surface area (Å²) in [5, 5.41) is 12.0. The molecule has 73 heavy (non-hydrogen) atoms. The molecular formula is C70H44O2S. The maximum atomic E-state index is 6.93. The van der Waals surface area contributed by atoms with Gasteiger partial charge >= 0.3 is 0 Å². The number of hydrogen-bond acceptors (Lipinski definition) is 3. The van der Waals surface area contributed by atoms with Crippen LogP contribution >= 0.6 is 11.3 Å².